The lowest BCUT2D eigenvalue weighted by Gasteiger charge is -2.26. The van der Waals surface area contributed by atoms with Crippen LogP contribution in [-0.4, -0.2) is 42.6 Å². The predicted molar refractivity (Wildman–Crippen MR) is 131 cm³/mol. The fourth-order valence-corrected chi connectivity index (χ4v) is 3.40. The van der Waals surface area contributed by atoms with Crippen molar-refractivity contribution < 1.29 is 33.8 Å². The van der Waals surface area contributed by atoms with Crippen molar-refractivity contribution >= 4 is 41.2 Å². The van der Waals surface area contributed by atoms with Gasteiger partial charge in [0.2, 0.25) is 0 Å². The van der Waals surface area contributed by atoms with Crippen LogP contribution in [0.3, 0.4) is 0 Å². The number of carbonyl (C=O) groups excluding carboxylic acids is 4. The summed E-state index contributed by atoms with van der Waals surface area (Å²) < 4.78 is 10.7. The molecule has 1 aliphatic rings. The van der Waals surface area contributed by atoms with E-state index in [9.17, 15) is 24.3 Å². The number of hydrogen-bond acceptors (Lipinski definition) is 7. The van der Waals surface area contributed by atoms with E-state index in [1.165, 1.54) is 30.3 Å². The molecule has 5 amide bonds. The molecule has 1 aliphatic heterocycles. The minimum absolute atomic E-state index is 0.0439. The van der Waals surface area contributed by atoms with Gasteiger partial charge in [0.05, 0.1) is 12.8 Å². The van der Waals surface area contributed by atoms with Gasteiger partial charge in [-0.25, -0.2) is 9.69 Å². The summed E-state index contributed by atoms with van der Waals surface area (Å²) in [5.41, 5.74) is 0.784. The Labute approximate surface area is 205 Å². The van der Waals surface area contributed by atoms with Gasteiger partial charge < -0.3 is 19.9 Å². The van der Waals surface area contributed by atoms with Crippen LogP contribution in [0.4, 0.5) is 16.2 Å². The zero-order valence-corrected chi connectivity index (χ0v) is 19.1. The molecular formula is C26H21N3O7. The SMILES string of the molecule is COc1ccc(NC(=O)COc2ccccc2C=C2C(=O)NC(=O)N(c3ccc(O)cc3)C2=O)cc1. The number of nitrogens with zero attached hydrogens (tertiary/aromatic N) is 1. The third kappa shape index (κ3) is 5.33. The smallest absolute Gasteiger partial charge is 0.335 e. The number of anilines is 2. The van der Waals surface area contributed by atoms with Crippen LogP contribution >= 0.6 is 0 Å². The number of para-hydroxylation sites is 1. The second kappa shape index (κ2) is 10.4. The number of amides is 5. The maximum absolute atomic E-state index is 13.1. The maximum Gasteiger partial charge on any atom is 0.335 e. The van der Waals surface area contributed by atoms with E-state index < -0.39 is 23.8 Å². The molecule has 1 fully saturated rings. The molecular weight excluding hydrogens is 466 g/mol. The highest BCUT2D eigenvalue weighted by molar-refractivity contribution is 6.39. The molecule has 0 radical (unpaired) electrons. The van der Waals surface area contributed by atoms with E-state index in [0.29, 0.717) is 17.0 Å². The molecule has 0 spiro atoms. The number of aromatic hydroxyl groups is 1. The summed E-state index contributed by atoms with van der Waals surface area (Å²) >= 11 is 0. The topological polar surface area (TPSA) is 134 Å². The predicted octanol–water partition coefficient (Wildman–Crippen LogP) is 3.08. The van der Waals surface area contributed by atoms with Crippen LogP contribution in [0, 0.1) is 0 Å². The van der Waals surface area contributed by atoms with E-state index in [1.54, 1.807) is 55.6 Å². The van der Waals surface area contributed by atoms with Gasteiger partial charge in [0.1, 0.15) is 22.8 Å². The molecule has 3 aromatic rings. The number of ether oxygens (including phenoxy) is 2. The Morgan fingerprint density at radius 1 is 1.00 bits per heavy atom. The highest BCUT2D eigenvalue weighted by Gasteiger charge is 2.37. The first-order chi connectivity index (χ1) is 17.4. The average molecular weight is 487 g/mol. The normalized spacial score (nSPS) is 14.4. The molecule has 10 heteroatoms. The van der Waals surface area contributed by atoms with Crippen molar-refractivity contribution in [2.75, 3.05) is 23.9 Å². The largest absolute Gasteiger partial charge is 0.508 e. The van der Waals surface area contributed by atoms with E-state index in [1.807, 2.05) is 0 Å². The Hall–Kier alpha value is -5.12. The summed E-state index contributed by atoms with van der Waals surface area (Å²) in [7, 11) is 1.54. The van der Waals surface area contributed by atoms with E-state index in [-0.39, 0.29) is 29.4 Å². The number of phenols is 1. The van der Waals surface area contributed by atoms with Gasteiger partial charge in [-0.3, -0.25) is 19.7 Å². The Bertz CT molecular complexity index is 1350. The molecule has 10 nitrogen and oxygen atoms in total. The van der Waals surface area contributed by atoms with Gasteiger partial charge >= 0.3 is 6.03 Å². The summed E-state index contributed by atoms with van der Waals surface area (Å²) in [6, 6.07) is 17.8. The van der Waals surface area contributed by atoms with Gasteiger partial charge in [-0.05, 0) is 60.7 Å². The van der Waals surface area contributed by atoms with Crippen molar-refractivity contribution in [3.05, 3.63) is 83.9 Å². The molecule has 0 saturated carbocycles. The van der Waals surface area contributed by atoms with E-state index in [0.717, 1.165) is 4.90 Å². The molecule has 36 heavy (non-hydrogen) atoms. The molecule has 1 heterocycles. The summed E-state index contributed by atoms with van der Waals surface area (Å²) in [6.07, 6.45) is 1.29. The number of urea groups is 1. The number of phenolic OH excluding ortho intramolecular Hbond substituents is 1. The quantitative estimate of drug-likeness (QED) is 0.344. The fraction of sp³-hybridized carbons (Fsp3) is 0.0769. The zero-order valence-electron chi connectivity index (χ0n) is 19.1. The van der Waals surface area contributed by atoms with Gasteiger partial charge in [0, 0.05) is 11.3 Å². The first-order valence-corrected chi connectivity index (χ1v) is 10.7. The number of methoxy groups -OCH3 is 1. The molecule has 0 atom stereocenters. The Morgan fingerprint density at radius 3 is 2.39 bits per heavy atom. The molecule has 0 unspecified atom stereocenters. The Kier molecular flexibility index (Phi) is 6.96. The minimum Gasteiger partial charge on any atom is -0.508 e. The summed E-state index contributed by atoms with van der Waals surface area (Å²) in [5.74, 6) is -1.27. The van der Waals surface area contributed by atoms with Crippen LogP contribution < -0.4 is 25.0 Å². The van der Waals surface area contributed by atoms with Crippen molar-refractivity contribution in [1.82, 2.24) is 5.32 Å². The Balaban J connectivity index is 1.51. The standard InChI is InChI=1S/C26H21N3O7/c1-35-20-12-6-17(7-13-20)27-23(31)15-36-22-5-3-2-4-16(22)14-21-24(32)28-26(34)29(25(21)33)18-8-10-19(30)11-9-18/h2-14,30H,15H2,1H3,(H,27,31)(H,28,32,34). The second-order valence-corrected chi connectivity index (χ2v) is 7.58. The summed E-state index contributed by atoms with van der Waals surface area (Å²) in [4.78, 5) is 51.0. The molecule has 0 aromatic heterocycles. The number of rotatable bonds is 7. The van der Waals surface area contributed by atoms with Crippen molar-refractivity contribution in [3.8, 4) is 17.2 Å². The van der Waals surface area contributed by atoms with Crippen molar-refractivity contribution in [2.45, 2.75) is 0 Å². The van der Waals surface area contributed by atoms with Crippen LogP contribution in [0.15, 0.2) is 78.4 Å². The molecule has 3 aromatic carbocycles. The monoisotopic (exact) mass is 487 g/mol. The van der Waals surface area contributed by atoms with Crippen molar-refractivity contribution in [2.24, 2.45) is 0 Å². The van der Waals surface area contributed by atoms with Crippen molar-refractivity contribution in [1.29, 1.82) is 0 Å². The third-order valence-electron chi connectivity index (χ3n) is 5.16. The van der Waals surface area contributed by atoms with E-state index >= 15 is 0 Å². The third-order valence-corrected chi connectivity index (χ3v) is 5.16. The van der Waals surface area contributed by atoms with Gasteiger partial charge in [-0.15, -0.1) is 0 Å². The second-order valence-electron chi connectivity index (χ2n) is 7.58. The molecule has 0 bridgehead atoms. The lowest BCUT2D eigenvalue weighted by atomic mass is 10.1. The van der Waals surface area contributed by atoms with Crippen LogP contribution in [0.5, 0.6) is 17.2 Å². The number of carbonyl (C=O) groups is 4. The first-order valence-electron chi connectivity index (χ1n) is 10.7. The summed E-state index contributed by atoms with van der Waals surface area (Å²) in [5, 5.41) is 14.3. The van der Waals surface area contributed by atoms with Gasteiger partial charge in [-0.1, -0.05) is 18.2 Å². The molecule has 3 N–H and O–H groups in total. The highest BCUT2D eigenvalue weighted by Crippen LogP contribution is 2.26. The van der Waals surface area contributed by atoms with E-state index in [4.69, 9.17) is 9.47 Å². The lowest BCUT2D eigenvalue weighted by molar-refractivity contribution is -0.122. The number of hydrogen-bond donors (Lipinski definition) is 3. The molecule has 4 rings (SSSR count). The number of nitrogens with one attached hydrogen (secondary N) is 2. The molecule has 1 saturated heterocycles. The van der Waals surface area contributed by atoms with Gasteiger partial charge in [-0.2, -0.15) is 0 Å². The minimum atomic E-state index is -0.910. The lowest BCUT2D eigenvalue weighted by Crippen LogP contribution is -2.54. The van der Waals surface area contributed by atoms with Crippen LogP contribution in [-0.2, 0) is 14.4 Å². The highest BCUT2D eigenvalue weighted by atomic mass is 16.5. The van der Waals surface area contributed by atoms with Crippen LogP contribution in [0.25, 0.3) is 6.08 Å². The van der Waals surface area contributed by atoms with Gasteiger partial charge in [0.25, 0.3) is 17.7 Å². The van der Waals surface area contributed by atoms with Crippen LogP contribution in [0.1, 0.15) is 5.56 Å². The fourth-order valence-electron chi connectivity index (χ4n) is 3.40. The number of benzene rings is 3. The number of barbiturate groups is 1. The first kappa shape index (κ1) is 24.0. The average Bonchev–Trinajstić information content (AvgIpc) is 2.87. The number of imide groups is 2. The van der Waals surface area contributed by atoms with E-state index in [2.05, 4.69) is 10.6 Å². The Morgan fingerprint density at radius 2 is 1.69 bits per heavy atom. The molecule has 0 aliphatic carbocycles. The van der Waals surface area contributed by atoms with Crippen LogP contribution in [0.2, 0.25) is 0 Å². The van der Waals surface area contributed by atoms with Gasteiger partial charge in [0.15, 0.2) is 6.61 Å². The maximum atomic E-state index is 13.1. The van der Waals surface area contributed by atoms with Crippen molar-refractivity contribution in [3.63, 3.8) is 0 Å². The summed E-state index contributed by atoms with van der Waals surface area (Å²) in [6.45, 7) is -0.329. The molecule has 182 valence electrons. The zero-order chi connectivity index (χ0) is 25.7.